The van der Waals surface area contributed by atoms with Gasteiger partial charge in [0.1, 0.15) is 17.9 Å². The second kappa shape index (κ2) is 17.7. The lowest BCUT2D eigenvalue weighted by Gasteiger charge is -2.32. The molecule has 2 aromatic carbocycles. The maximum absolute atomic E-state index is 13.6. The van der Waals surface area contributed by atoms with Gasteiger partial charge in [-0.3, -0.25) is 14.4 Å². The Bertz CT molecular complexity index is 1450. The number of halogens is 2. The third-order valence-corrected chi connectivity index (χ3v) is 8.85. The molecule has 10 nitrogen and oxygen atoms in total. The summed E-state index contributed by atoms with van der Waals surface area (Å²) in [5.41, 5.74) is 0.928. The molecule has 0 saturated carbocycles. The number of hydrogen-bond donors (Lipinski definition) is 3. The third kappa shape index (κ3) is 11.5. The van der Waals surface area contributed by atoms with Crippen molar-refractivity contribution in [2.45, 2.75) is 83.6 Å². The summed E-state index contributed by atoms with van der Waals surface area (Å²) in [6.07, 6.45) is -0.322. The van der Waals surface area contributed by atoms with Gasteiger partial charge in [-0.15, -0.1) is 11.6 Å². The Morgan fingerprint density at radius 1 is 1.04 bits per heavy atom. The minimum Gasteiger partial charge on any atom is -0.495 e. The van der Waals surface area contributed by atoms with Crippen LogP contribution in [-0.2, 0) is 35.1 Å². The monoisotopic (exact) mass is 704 g/mol. The predicted molar refractivity (Wildman–Crippen MR) is 184 cm³/mol. The molecule has 3 N–H and O–H groups in total. The van der Waals surface area contributed by atoms with Gasteiger partial charge in [-0.25, -0.2) is 4.79 Å². The Morgan fingerprint density at radius 2 is 1.73 bits per heavy atom. The second-order valence-electron chi connectivity index (χ2n) is 13.3. The van der Waals surface area contributed by atoms with Crippen molar-refractivity contribution >= 4 is 47.0 Å². The second-order valence-corrected chi connectivity index (χ2v) is 14.2. The molecular weight excluding hydrogens is 659 g/mol. The molecule has 1 aliphatic rings. The van der Waals surface area contributed by atoms with Gasteiger partial charge >= 0.3 is 11.9 Å². The van der Waals surface area contributed by atoms with E-state index in [1.165, 1.54) is 19.3 Å². The molecule has 0 spiro atoms. The smallest absolute Gasteiger partial charge is 0.347 e. The number of amides is 2. The molecule has 1 aliphatic heterocycles. The number of aliphatic hydroxyl groups is 1. The fourth-order valence-electron chi connectivity index (χ4n) is 5.17. The molecule has 1 heterocycles. The number of alkyl halides is 1. The lowest BCUT2D eigenvalue weighted by Crippen LogP contribution is -2.49. The number of esters is 2. The van der Waals surface area contributed by atoms with Crippen LogP contribution in [0.1, 0.15) is 64.0 Å². The van der Waals surface area contributed by atoms with Crippen molar-refractivity contribution in [1.82, 2.24) is 10.6 Å². The van der Waals surface area contributed by atoms with Crippen LogP contribution in [0.3, 0.4) is 0 Å². The van der Waals surface area contributed by atoms with E-state index in [4.69, 9.17) is 37.4 Å². The Hall–Kier alpha value is -3.60. The van der Waals surface area contributed by atoms with Crippen LogP contribution in [-0.4, -0.2) is 66.9 Å². The number of methoxy groups -OCH3 is 1. The van der Waals surface area contributed by atoms with Crippen molar-refractivity contribution in [3.05, 3.63) is 76.8 Å². The molecule has 0 saturated heterocycles. The fraction of sp³-hybridized carbons (Fsp3) is 0.500. The maximum atomic E-state index is 13.6. The summed E-state index contributed by atoms with van der Waals surface area (Å²) in [5, 5.41) is 16.2. The fourth-order valence-corrected chi connectivity index (χ4v) is 5.83. The molecule has 7 atom stereocenters. The van der Waals surface area contributed by atoms with E-state index in [0.717, 1.165) is 0 Å². The molecule has 0 radical (unpaired) electrons. The van der Waals surface area contributed by atoms with Gasteiger partial charge in [-0.05, 0) is 34.8 Å². The molecule has 2 aromatic rings. The average Bonchev–Trinajstić information content (AvgIpc) is 3.04. The van der Waals surface area contributed by atoms with Crippen molar-refractivity contribution < 1.29 is 38.5 Å². The highest BCUT2D eigenvalue weighted by atomic mass is 35.5. The number of carbonyl (C=O) groups is 4. The van der Waals surface area contributed by atoms with Crippen LogP contribution in [0.2, 0.25) is 5.02 Å². The maximum Gasteiger partial charge on any atom is 0.347 e. The molecule has 2 amide bonds. The molecule has 0 bridgehead atoms. The summed E-state index contributed by atoms with van der Waals surface area (Å²) in [6.45, 7) is 8.85. The van der Waals surface area contributed by atoms with Crippen LogP contribution >= 0.6 is 23.2 Å². The van der Waals surface area contributed by atoms with Gasteiger partial charge in [0.2, 0.25) is 11.8 Å². The number of cyclic esters (lactones) is 2. The van der Waals surface area contributed by atoms with Gasteiger partial charge in [0.05, 0.1) is 29.5 Å². The first-order chi connectivity index (χ1) is 22.6. The zero-order valence-electron chi connectivity index (χ0n) is 28.2. The quantitative estimate of drug-likeness (QED) is 0.248. The Kier molecular flexibility index (Phi) is 14.3. The molecule has 0 fully saturated rings. The van der Waals surface area contributed by atoms with Gasteiger partial charge in [0.15, 0.2) is 6.10 Å². The van der Waals surface area contributed by atoms with Crippen LogP contribution in [0.5, 0.6) is 5.75 Å². The highest BCUT2D eigenvalue weighted by Gasteiger charge is 2.37. The first kappa shape index (κ1) is 38.8. The van der Waals surface area contributed by atoms with Crippen molar-refractivity contribution in [2.24, 2.45) is 17.3 Å². The number of nitrogens with one attached hydrogen (secondary N) is 2. The normalized spacial score (nSPS) is 23.6. The summed E-state index contributed by atoms with van der Waals surface area (Å²) in [6, 6.07) is 13.0. The Labute approximate surface area is 292 Å². The van der Waals surface area contributed by atoms with Crippen LogP contribution in [0.25, 0.3) is 0 Å². The SMILES string of the molecule is COc1ccc(C[C@H]2NC(=O)C=CC[C@@H]([C@H](C)[C@@H](O)[C@@H](Cl)c3ccccc3)OC(=O)[C@H](CC(C)(C)C)OC(=O)[C@H](C)CNC2=O)cc1Cl. The van der Waals surface area contributed by atoms with E-state index >= 15 is 0 Å². The van der Waals surface area contributed by atoms with Crippen LogP contribution in [0, 0.1) is 17.3 Å². The number of carbonyl (C=O) groups excluding carboxylic acids is 4. The zero-order chi connectivity index (χ0) is 35.6. The van der Waals surface area contributed by atoms with Crippen LogP contribution in [0.15, 0.2) is 60.7 Å². The van der Waals surface area contributed by atoms with E-state index in [2.05, 4.69) is 10.6 Å². The summed E-state index contributed by atoms with van der Waals surface area (Å²) in [4.78, 5) is 53.3. The van der Waals surface area contributed by atoms with Crippen molar-refractivity contribution in [3.63, 3.8) is 0 Å². The molecule has 262 valence electrons. The first-order valence-corrected chi connectivity index (χ1v) is 16.8. The predicted octanol–water partition coefficient (Wildman–Crippen LogP) is 5.33. The van der Waals surface area contributed by atoms with Crippen LogP contribution < -0.4 is 15.4 Å². The summed E-state index contributed by atoms with van der Waals surface area (Å²) in [5.74, 6) is -3.65. The van der Waals surface area contributed by atoms with Gasteiger partial charge in [0.25, 0.3) is 0 Å². The largest absolute Gasteiger partial charge is 0.495 e. The van der Waals surface area contributed by atoms with Gasteiger partial charge in [-0.1, -0.05) is 88.7 Å². The van der Waals surface area contributed by atoms with Crippen LogP contribution in [0.4, 0.5) is 0 Å². The lowest BCUT2D eigenvalue weighted by atomic mass is 9.88. The van der Waals surface area contributed by atoms with E-state index in [9.17, 15) is 24.3 Å². The van der Waals surface area contributed by atoms with Gasteiger partial charge < -0.3 is 30.0 Å². The number of benzene rings is 2. The molecule has 48 heavy (non-hydrogen) atoms. The topological polar surface area (TPSA) is 140 Å². The number of ether oxygens (including phenoxy) is 3. The molecule has 12 heteroatoms. The van der Waals surface area contributed by atoms with Crippen molar-refractivity contribution in [1.29, 1.82) is 0 Å². The van der Waals surface area contributed by atoms with E-state index in [0.29, 0.717) is 21.9 Å². The molecule has 3 rings (SSSR count). The standard InChI is InChI=1S/C36H46Cl2N2O8/c1-21-20-39-33(43)26(18-23-15-16-28(46-6)25(37)17-23)40-30(41)14-10-13-27(22(2)32(42)31(38)24-11-8-7-9-12-24)47-35(45)29(48-34(21)44)19-36(3,4)5/h7-12,14-17,21-22,26-27,29,31-32,42H,13,18-20H2,1-6H3,(H,39,43)(H,40,41)/t21-,22+,26-,27+,29+,31+,32-/m1/s1. The Morgan fingerprint density at radius 3 is 2.35 bits per heavy atom. The van der Waals surface area contributed by atoms with Crippen molar-refractivity contribution in [2.75, 3.05) is 13.7 Å². The van der Waals surface area contributed by atoms with E-state index in [1.807, 2.05) is 26.8 Å². The van der Waals surface area contributed by atoms with E-state index < -0.39 is 70.7 Å². The molecule has 0 aliphatic carbocycles. The first-order valence-electron chi connectivity index (χ1n) is 15.9. The summed E-state index contributed by atoms with van der Waals surface area (Å²) < 4.78 is 16.8. The zero-order valence-corrected chi connectivity index (χ0v) is 29.7. The highest BCUT2D eigenvalue weighted by Crippen LogP contribution is 2.32. The minimum absolute atomic E-state index is 0.0212. The molecule has 0 aromatic heterocycles. The number of rotatable bonds is 8. The van der Waals surface area contributed by atoms with Gasteiger partial charge in [-0.2, -0.15) is 0 Å². The average molecular weight is 706 g/mol. The number of hydrogen-bond acceptors (Lipinski definition) is 8. The molecule has 0 unspecified atom stereocenters. The third-order valence-electron chi connectivity index (χ3n) is 8.04. The van der Waals surface area contributed by atoms with E-state index in [-0.39, 0.29) is 25.8 Å². The Balaban J connectivity index is 1.94. The van der Waals surface area contributed by atoms with Gasteiger partial charge in [0, 0.05) is 31.7 Å². The summed E-state index contributed by atoms with van der Waals surface area (Å²) >= 11 is 13.0. The minimum atomic E-state index is -1.25. The summed E-state index contributed by atoms with van der Waals surface area (Å²) in [7, 11) is 1.49. The van der Waals surface area contributed by atoms with Crippen molar-refractivity contribution in [3.8, 4) is 5.75 Å². The van der Waals surface area contributed by atoms with E-state index in [1.54, 1.807) is 56.3 Å². The highest BCUT2D eigenvalue weighted by molar-refractivity contribution is 6.32. The number of aliphatic hydroxyl groups excluding tert-OH is 1. The molecular formula is C36H46Cl2N2O8. The lowest BCUT2D eigenvalue weighted by molar-refractivity contribution is -0.178.